The van der Waals surface area contributed by atoms with E-state index in [1.165, 1.54) is 17.7 Å². The summed E-state index contributed by atoms with van der Waals surface area (Å²) in [7, 11) is 0. The van der Waals surface area contributed by atoms with E-state index in [4.69, 9.17) is 4.74 Å². The largest absolute Gasteiger partial charge is 0.493 e. The number of benzene rings is 1. The third kappa shape index (κ3) is 2.00. The maximum absolute atomic E-state index is 5.85. The summed E-state index contributed by atoms with van der Waals surface area (Å²) in [6.45, 7) is 4.15. The first kappa shape index (κ1) is 9.97. The lowest BCUT2D eigenvalue weighted by Crippen LogP contribution is -2.15. The van der Waals surface area contributed by atoms with E-state index in [2.05, 4.69) is 28.8 Å². The summed E-state index contributed by atoms with van der Waals surface area (Å²) >= 11 is 0. The van der Waals surface area contributed by atoms with Crippen LogP contribution < -0.4 is 15.4 Å². The van der Waals surface area contributed by atoms with Gasteiger partial charge in [-0.1, -0.05) is 0 Å². The molecule has 2 aliphatic rings. The average molecular weight is 218 g/mol. The average Bonchev–Trinajstić information content (AvgIpc) is 2.97. The van der Waals surface area contributed by atoms with Crippen LogP contribution in [-0.2, 0) is 6.42 Å². The van der Waals surface area contributed by atoms with Gasteiger partial charge in [-0.25, -0.2) is 0 Å². The van der Waals surface area contributed by atoms with E-state index in [1.54, 1.807) is 0 Å². The van der Waals surface area contributed by atoms with E-state index in [-0.39, 0.29) is 0 Å². The first-order chi connectivity index (χ1) is 7.92. The van der Waals surface area contributed by atoms with Gasteiger partial charge in [0.05, 0.1) is 6.61 Å². The van der Waals surface area contributed by atoms with Crippen LogP contribution in [0, 0.1) is 5.92 Å². The van der Waals surface area contributed by atoms with Crippen molar-refractivity contribution in [3.05, 3.63) is 23.8 Å². The molecule has 1 atom stereocenters. The fraction of sp³-hybridized carbons (Fsp3) is 0.538. The Kier molecular flexibility index (Phi) is 2.70. The summed E-state index contributed by atoms with van der Waals surface area (Å²) in [4.78, 5) is 0. The molecule has 1 aromatic carbocycles. The van der Waals surface area contributed by atoms with Crippen molar-refractivity contribution in [3.63, 3.8) is 0 Å². The molecule has 0 spiro atoms. The van der Waals surface area contributed by atoms with Gasteiger partial charge in [0, 0.05) is 24.7 Å². The number of ether oxygens (including phenoxy) is 1. The van der Waals surface area contributed by atoms with E-state index in [0.29, 0.717) is 5.92 Å². The smallest absolute Gasteiger partial charge is 0.119 e. The molecule has 1 saturated heterocycles. The summed E-state index contributed by atoms with van der Waals surface area (Å²) in [5.41, 5.74) is 2.66. The highest BCUT2D eigenvalue weighted by atomic mass is 16.5. The summed E-state index contributed by atoms with van der Waals surface area (Å²) in [6, 6.07) is 6.38. The van der Waals surface area contributed by atoms with Crippen molar-refractivity contribution in [1.82, 2.24) is 5.32 Å². The molecule has 1 unspecified atom stereocenters. The molecular weight excluding hydrogens is 200 g/mol. The highest BCUT2D eigenvalue weighted by Gasteiger charge is 2.15. The van der Waals surface area contributed by atoms with Crippen molar-refractivity contribution in [1.29, 1.82) is 0 Å². The monoisotopic (exact) mass is 218 g/mol. The molecule has 3 rings (SSSR count). The van der Waals surface area contributed by atoms with Crippen molar-refractivity contribution in [2.45, 2.75) is 12.8 Å². The summed E-state index contributed by atoms with van der Waals surface area (Å²) in [6.07, 6.45) is 2.37. The molecule has 2 heterocycles. The third-order valence-corrected chi connectivity index (χ3v) is 3.43. The van der Waals surface area contributed by atoms with Crippen LogP contribution in [0.1, 0.15) is 12.0 Å². The van der Waals surface area contributed by atoms with Gasteiger partial charge in [-0.2, -0.15) is 0 Å². The van der Waals surface area contributed by atoms with Gasteiger partial charge in [0.25, 0.3) is 0 Å². The number of rotatable bonds is 3. The molecule has 2 N–H and O–H groups in total. The topological polar surface area (TPSA) is 33.3 Å². The van der Waals surface area contributed by atoms with Crippen molar-refractivity contribution in [2.75, 3.05) is 31.6 Å². The van der Waals surface area contributed by atoms with E-state index in [1.807, 2.05) is 0 Å². The second kappa shape index (κ2) is 4.34. The predicted molar refractivity (Wildman–Crippen MR) is 65.1 cm³/mol. The van der Waals surface area contributed by atoms with Gasteiger partial charge in [0.1, 0.15) is 5.75 Å². The normalized spacial score (nSPS) is 22.9. The lowest BCUT2D eigenvalue weighted by Gasteiger charge is -2.11. The standard InChI is InChI=1S/C13H18N2O/c1-2-13-11(4-6-15-13)7-12(1)16-9-10-3-5-14-8-10/h1-2,7,10,14-15H,3-6,8-9H2. The second-order valence-corrected chi connectivity index (χ2v) is 4.67. The molecule has 16 heavy (non-hydrogen) atoms. The maximum atomic E-state index is 5.85. The van der Waals surface area contributed by atoms with Gasteiger partial charge in [0.15, 0.2) is 0 Å². The van der Waals surface area contributed by atoms with E-state index in [9.17, 15) is 0 Å². The highest BCUT2D eigenvalue weighted by molar-refractivity contribution is 5.57. The first-order valence-corrected chi connectivity index (χ1v) is 6.12. The van der Waals surface area contributed by atoms with Crippen molar-refractivity contribution >= 4 is 5.69 Å². The van der Waals surface area contributed by atoms with Crippen LogP contribution in [0.4, 0.5) is 5.69 Å². The second-order valence-electron chi connectivity index (χ2n) is 4.67. The Bertz CT molecular complexity index is 372. The zero-order valence-electron chi connectivity index (χ0n) is 9.46. The minimum absolute atomic E-state index is 0.686. The Balaban J connectivity index is 1.61. The fourth-order valence-corrected chi connectivity index (χ4v) is 2.44. The van der Waals surface area contributed by atoms with Crippen LogP contribution >= 0.6 is 0 Å². The predicted octanol–water partition coefficient (Wildman–Crippen LogP) is 1.64. The van der Waals surface area contributed by atoms with Crippen LogP contribution in [0.3, 0.4) is 0 Å². The van der Waals surface area contributed by atoms with E-state index < -0.39 is 0 Å². The molecule has 2 aliphatic heterocycles. The Morgan fingerprint density at radius 3 is 3.19 bits per heavy atom. The summed E-state index contributed by atoms with van der Waals surface area (Å²) in [5, 5.41) is 6.72. The third-order valence-electron chi connectivity index (χ3n) is 3.43. The van der Waals surface area contributed by atoms with Crippen LogP contribution in [0.15, 0.2) is 18.2 Å². The number of nitrogens with one attached hydrogen (secondary N) is 2. The molecule has 0 aromatic heterocycles. The molecule has 3 nitrogen and oxygen atoms in total. The highest BCUT2D eigenvalue weighted by Crippen LogP contribution is 2.26. The van der Waals surface area contributed by atoms with E-state index >= 15 is 0 Å². The zero-order chi connectivity index (χ0) is 10.8. The molecule has 1 fully saturated rings. The summed E-state index contributed by atoms with van der Waals surface area (Å²) in [5.74, 6) is 1.71. The zero-order valence-corrected chi connectivity index (χ0v) is 9.46. The molecule has 0 aliphatic carbocycles. The summed E-state index contributed by atoms with van der Waals surface area (Å²) < 4.78 is 5.85. The van der Waals surface area contributed by atoms with Crippen LogP contribution in [0.2, 0.25) is 0 Å². The van der Waals surface area contributed by atoms with Gasteiger partial charge < -0.3 is 15.4 Å². The van der Waals surface area contributed by atoms with Crippen LogP contribution in [0.25, 0.3) is 0 Å². The molecule has 0 radical (unpaired) electrons. The Morgan fingerprint density at radius 2 is 2.31 bits per heavy atom. The van der Waals surface area contributed by atoms with Gasteiger partial charge in [-0.05, 0) is 43.1 Å². The lowest BCUT2D eigenvalue weighted by atomic mass is 10.1. The Labute approximate surface area is 96.2 Å². The molecule has 3 heteroatoms. The molecular formula is C13H18N2O. The molecule has 86 valence electrons. The maximum Gasteiger partial charge on any atom is 0.119 e. The van der Waals surface area contributed by atoms with Gasteiger partial charge in [-0.3, -0.25) is 0 Å². The quantitative estimate of drug-likeness (QED) is 0.809. The van der Waals surface area contributed by atoms with Gasteiger partial charge >= 0.3 is 0 Å². The fourth-order valence-electron chi connectivity index (χ4n) is 2.44. The molecule has 1 aromatic rings. The van der Waals surface area contributed by atoms with Crippen molar-refractivity contribution < 1.29 is 4.74 Å². The number of hydrogen-bond acceptors (Lipinski definition) is 3. The first-order valence-electron chi connectivity index (χ1n) is 6.12. The van der Waals surface area contributed by atoms with Crippen LogP contribution in [-0.4, -0.2) is 26.2 Å². The van der Waals surface area contributed by atoms with Crippen LogP contribution in [0.5, 0.6) is 5.75 Å². The molecule has 0 amide bonds. The SMILES string of the molecule is c1cc2c(cc1OCC1CCNC1)CCN2. The Morgan fingerprint density at radius 1 is 1.31 bits per heavy atom. The number of fused-ring (bicyclic) bond motifs is 1. The Hall–Kier alpha value is -1.22. The number of anilines is 1. The van der Waals surface area contributed by atoms with Crippen molar-refractivity contribution in [2.24, 2.45) is 5.92 Å². The minimum atomic E-state index is 0.686. The van der Waals surface area contributed by atoms with Crippen molar-refractivity contribution in [3.8, 4) is 5.75 Å². The van der Waals surface area contributed by atoms with Gasteiger partial charge in [0.2, 0.25) is 0 Å². The number of hydrogen-bond donors (Lipinski definition) is 2. The van der Waals surface area contributed by atoms with E-state index in [0.717, 1.165) is 38.4 Å². The molecule has 0 bridgehead atoms. The molecule has 0 saturated carbocycles. The van der Waals surface area contributed by atoms with Gasteiger partial charge in [-0.15, -0.1) is 0 Å². The lowest BCUT2D eigenvalue weighted by molar-refractivity contribution is 0.260. The minimum Gasteiger partial charge on any atom is -0.493 e.